The van der Waals surface area contributed by atoms with E-state index in [2.05, 4.69) is 4.98 Å². The van der Waals surface area contributed by atoms with Crippen LogP contribution < -0.4 is 4.31 Å². The van der Waals surface area contributed by atoms with E-state index in [0.717, 1.165) is 16.6 Å². The van der Waals surface area contributed by atoms with Crippen molar-refractivity contribution in [2.75, 3.05) is 11.4 Å². The molecule has 2 aromatic rings. The van der Waals surface area contributed by atoms with Gasteiger partial charge in [0, 0.05) is 13.2 Å². The number of nitrogens with one attached hydrogen (secondary N) is 1. The number of hydrogen-bond acceptors (Lipinski definition) is 4. The summed E-state index contributed by atoms with van der Waals surface area (Å²) in [6.07, 6.45) is 1.12. The van der Waals surface area contributed by atoms with E-state index in [1.807, 2.05) is 0 Å². The van der Waals surface area contributed by atoms with Gasteiger partial charge in [-0.25, -0.2) is 13.2 Å². The molecule has 0 radical (unpaired) electrons. The quantitative estimate of drug-likeness (QED) is 0.786. The van der Waals surface area contributed by atoms with Crippen LogP contribution in [0.25, 0.3) is 0 Å². The van der Waals surface area contributed by atoms with Crippen molar-refractivity contribution in [3.8, 4) is 5.75 Å². The normalized spacial score (nSPS) is 11.2. The molecule has 20 heavy (non-hydrogen) atoms. The zero-order valence-corrected chi connectivity index (χ0v) is 11.3. The molecule has 0 saturated heterocycles. The Labute approximate surface area is 115 Å². The molecule has 2 rings (SSSR count). The Morgan fingerprint density at radius 2 is 1.85 bits per heavy atom. The van der Waals surface area contributed by atoms with Crippen molar-refractivity contribution in [2.45, 2.75) is 4.90 Å². The smallest absolute Gasteiger partial charge is 0.352 e. The third-order valence-electron chi connectivity index (χ3n) is 2.76. The summed E-state index contributed by atoms with van der Waals surface area (Å²) in [7, 11) is -2.52. The van der Waals surface area contributed by atoms with Crippen LogP contribution in [-0.4, -0.2) is 36.6 Å². The summed E-state index contributed by atoms with van der Waals surface area (Å²) >= 11 is 0. The van der Waals surface area contributed by atoms with Gasteiger partial charge in [-0.05, 0) is 30.3 Å². The molecule has 106 valence electrons. The Morgan fingerprint density at radius 1 is 1.25 bits per heavy atom. The van der Waals surface area contributed by atoms with Crippen LogP contribution in [-0.2, 0) is 10.0 Å². The number of aromatic amines is 1. The minimum absolute atomic E-state index is 0.0226. The molecule has 0 amide bonds. The van der Waals surface area contributed by atoms with Gasteiger partial charge < -0.3 is 15.2 Å². The average molecular weight is 296 g/mol. The van der Waals surface area contributed by atoms with Gasteiger partial charge in [-0.2, -0.15) is 0 Å². The predicted molar refractivity (Wildman–Crippen MR) is 71.4 cm³/mol. The number of carboxylic acids is 1. The fourth-order valence-corrected chi connectivity index (χ4v) is 2.80. The standard InChI is InChI=1S/C12H12N2O5S/c1-14(8-2-4-9(15)5-3-8)20(18,19)10-6-11(12(16)17)13-7-10/h2-7,13,15H,1H3,(H,16,17). The first-order valence-electron chi connectivity index (χ1n) is 5.52. The summed E-state index contributed by atoms with van der Waals surface area (Å²) in [5.41, 5.74) is 0.142. The lowest BCUT2D eigenvalue weighted by atomic mass is 10.3. The lowest BCUT2D eigenvalue weighted by molar-refractivity contribution is 0.0691. The summed E-state index contributed by atoms with van der Waals surface area (Å²) in [5.74, 6) is -1.21. The summed E-state index contributed by atoms with van der Waals surface area (Å²) in [6, 6.07) is 6.66. The van der Waals surface area contributed by atoms with E-state index in [-0.39, 0.29) is 16.3 Å². The van der Waals surface area contributed by atoms with Crippen LogP contribution in [0.3, 0.4) is 0 Å². The Morgan fingerprint density at radius 3 is 2.35 bits per heavy atom. The second-order valence-electron chi connectivity index (χ2n) is 4.04. The number of hydrogen-bond donors (Lipinski definition) is 3. The van der Waals surface area contributed by atoms with Crippen molar-refractivity contribution in [1.82, 2.24) is 4.98 Å². The van der Waals surface area contributed by atoms with Gasteiger partial charge in [0.2, 0.25) is 0 Å². The van der Waals surface area contributed by atoms with Crippen molar-refractivity contribution in [1.29, 1.82) is 0 Å². The number of rotatable bonds is 4. The Hall–Kier alpha value is -2.48. The fraction of sp³-hybridized carbons (Fsp3) is 0.0833. The molecular formula is C12H12N2O5S. The van der Waals surface area contributed by atoms with Gasteiger partial charge in [-0.15, -0.1) is 0 Å². The van der Waals surface area contributed by atoms with Crippen LogP contribution in [0, 0.1) is 0 Å². The lowest BCUT2D eigenvalue weighted by Gasteiger charge is -2.18. The molecule has 3 N–H and O–H groups in total. The van der Waals surface area contributed by atoms with Gasteiger partial charge in [0.15, 0.2) is 0 Å². The monoisotopic (exact) mass is 296 g/mol. The summed E-state index contributed by atoms with van der Waals surface area (Å²) in [4.78, 5) is 13.0. The highest BCUT2D eigenvalue weighted by Gasteiger charge is 2.23. The molecule has 0 aliphatic heterocycles. The molecule has 7 nitrogen and oxygen atoms in total. The van der Waals surface area contributed by atoms with E-state index in [0.29, 0.717) is 5.69 Å². The molecular weight excluding hydrogens is 284 g/mol. The second kappa shape index (κ2) is 4.89. The van der Waals surface area contributed by atoms with Crippen molar-refractivity contribution in [3.63, 3.8) is 0 Å². The minimum atomic E-state index is -3.86. The number of aromatic hydroxyl groups is 1. The van der Waals surface area contributed by atoms with Crippen LogP contribution in [0.15, 0.2) is 41.4 Å². The summed E-state index contributed by atoms with van der Waals surface area (Å²) in [6.45, 7) is 0. The van der Waals surface area contributed by atoms with Gasteiger partial charge in [0.1, 0.15) is 16.3 Å². The predicted octanol–water partition coefficient (Wildman–Crippen LogP) is 1.24. The lowest BCUT2D eigenvalue weighted by Crippen LogP contribution is -2.26. The maximum atomic E-state index is 12.3. The zero-order valence-electron chi connectivity index (χ0n) is 10.4. The minimum Gasteiger partial charge on any atom is -0.508 e. The van der Waals surface area contributed by atoms with Crippen molar-refractivity contribution in [3.05, 3.63) is 42.2 Å². The van der Waals surface area contributed by atoms with Crippen LogP contribution >= 0.6 is 0 Å². The molecule has 1 aromatic heterocycles. The fourth-order valence-electron chi connectivity index (χ4n) is 1.61. The number of nitrogens with zero attached hydrogens (tertiary/aromatic N) is 1. The number of H-pyrrole nitrogens is 1. The number of phenols is 1. The molecule has 0 aliphatic rings. The number of carboxylic acid groups (broad SMARTS) is 1. The average Bonchev–Trinajstić information content (AvgIpc) is 2.89. The largest absolute Gasteiger partial charge is 0.508 e. The number of aromatic nitrogens is 1. The molecule has 0 saturated carbocycles. The maximum Gasteiger partial charge on any atom is 0.352 e. The van der Waals surface area contributed by atoms with Gasteiger partial charge in [0.05, 0.1) is 5.69 Å². The molecule has 8 heteroatoms. The van der Waals surface area contributed by atoms with Crippen LogP contribution in [0.5, 0.6) is 5.75 Å². The van der Waals surface area contributed by atoms with Crippen molar-refractivity contribution < 1.29 is 23.4 Å². The topological polar surface area (TPSA) is 111 Å². The summed E-state index contributed by atoms with van der Waals surface area (Å²) in [5, 5.41) is 18.0. The van der Waals surface area contributed by atoms with Gasteiger partial charge >= 0.3 is 5.97 Å². The van der Waals surface area contributed by atoms with Crippen LogP contribution in [0.4, 0.5) is 5.69 Å². The number of aromatic carboxylic acids is 1. The van der Waals surface area contributed by atoms with Gasteiger partial charge in [0.25, 0.3) is 10.0 Å². The maximum absolute atomic E-state index is 12.3. The van der Waals surface area contributed by atoms with E-state index in [9.17, 15) is 18.3 Å². The Bertz CT molecular complexity index is 733. The molecule has 1 heterocycles. The van der Waals surface area contributed by atoms with E-state index in [1.165, 1.54) is 31.3 Å². The highest BCUT2D eigenvalue weighted by atomic mass is 32.2. The first kappa shape index (κ1) is 13.9. The molecule has 1 aromatic carbocycles. The van der Waals surface area contributed by atoms with Gasteiger partial charge in [-0.1, -0.05) is 0 Å². The zero-order chi connectivity index (χ0) is 14.9. The molecule has 0 spiro atoms. The second-order valence-corrected chi connectivity index (χ2v) is 6.01. The van der Waals surface area contributed by atoms with Gasteiger partial charge in [-0.3, -0.25) is 4.31 Å². The van der Waals surface area contributed by atoms with E-state index in [4.69, 9.17) is 5.11 Å². The first-order chi connectivity index (χ1) is 9.32. The summed E-state index contributed by atoms with van der Waals surface area (Å²) < 4.78 is 25.6. The number of sulfonamides is 1. The SMILES string of the molecule is CN(c1ccc(O)cc1)S(=O)(=O)c1c[nH]c(C(=O)O)c1. The van der Waals surface area contributed by atoms with E-state index in [1.54, 1.807) is 0 Å². The highest BCUT2D eigenvalue weighted by molar-refractivity contribution is 7.92. The number of benzene rings is 1. The Kier molecular flexibility index (Phi) is 3.41. The molecule has 0 unspecified atom stereocenters. The van der Waals surface area contributed by atoms with Crippen molar-refractivity contribution in [2.24, 2.45) is 0 Å². The molecule has 0 atom stereocenters. The third kappa shape index (κ3) is 2.45. The van der Waals surface area contributed by atoms with E-state index >= 15 is 0 Å². The number of carbonyl (C=O) groups is 1. The van der Waals surface area contributed by atoms with Crippen LogP contribution in [0.1, 0.15) is 10.5 Å². The van der Waals surface area contributed by atoms with E-state index < -0.39 is 16.0 Å². The number of phenolic OH excluding ortho intramolecular Hbond substituents is 1. The molecule has 0 fully saturated rings. The highest BCUT2D eigenvalue weighted by Crippen LogP contribution is 2.24. The molecule has 0 aliphatic carbocycles. The van der Waals surface area contributed by atoms with Crippen LogP contribution in [0.2, 0.25) is 0 Å². The first-order valence-corrected chi connectivity index (χ1v) is 6.96. The third-order valence-corrected chi connectivity index (χ3v) is 4.52. The number of anilines is 1. The van der Waals surface area contributed by atoms with Crippen molar-refractivity contribution >= 4 is 21.7 Å². The Balaban J connectivity index is 2.38. The molecule has 0 bridgehead atoms.